The van der Waals surface area contributed by atoms with Gasteiger partial charge >= 0.3 is 0 Å². The molecule has 2 aromatic carbocycles. The summed E-state index contributed by atoms with van der Waals surface area (Å²) in [6.45, 7) is 5.06. The summed E-state index contributed by atoms with van der Waals surface area (Å²) < 4.78 is 5.42. The Bertz CT molecular complexity index is 1130. The van der Waals surface area contributed by atoms with Gasteiger partial charge in [-0.05, 0) is 68.8 Å². The van der Waals surface area contributed by atoms with Crippen LogP contribution in [-0.4, -0.2) is 46.3 Å². The van der Waals surface area contributed by atoms with Gasteiger partial charge in [-0.3, -0.25) is 9.69 Å². The lowest BCUT2D eigenvalue weighted by atomic mass is 9.96. The van der Waals surface area contributed by atoms with Gasteiger partial charge in [-0.1, -0.05) is 58.2 Å². The van der Waals surface area contributed by atoms with E-state index in [0.29, 0.717) is 33.9 Å². The van der Waals surface area contributed by atoms with Crippen LogP contribution in [0.2, 0.25) is 10.0 Å². The molecule has 1 amide bonds. The van der Waals surface area contributed by atoms with E-state index in [1.54, 1.807) is 18.2 Å². The fourth-order valence-electron chi connectivity index (χ4n) is 4.17. The fraction of sp³-hybridized carbons (Fsp3) is 0.423. The first kappa shape index (κ1) is 26.0. The van der Waals surface area contributed by atoms with Gasteiger partial charge in [-0.15, -0.1) is 0 Å². The monoisotopic (exact) mass is 532 g/mol. The number of rotatable bonds is 10. The van der Waals surface area contributed by atoms with Crippen molar-refractivity contribution in [3.63, 3.8) is 0 Å². The van der Waals surface area contributed by atoms with E-state index in [9.17, 15) is 4.79 Å². The zero-order valence-corrected chi connectivity index (χ0v) is 22.1. The minimum atomic E-state index is 0.0670. The second-order valence-corrected chi connectivity index (χ2v) is 10.8. The minimum absolute atomic E-state index is 0.0670. The van der Waals surface area contributed by atoms with E-state index >= 15 is 0 Å². The first-order chi connectivity index (χ1) is 17.0. The number of amides is 1. The van der Waals surface area contributed by atoms with Crippen LogP contribution in [0.5, 0.6) is 0 Å². The summed E-state index contributed by atoms with van der Waals surface area (Å²) in [6.07, 6.45) is 2.65. The van der Waals surface area contributed by atoms with E-state index in [1.807, 2.05) is 11.8 Å². The molecular weight excluding hydrogens is 503 g/mol. The van der Waals surface area contributed by atoms with Crippen molar-refractivity contribution in [1.29, 1.82) is 0 Å². The van der Waals surface area contributed by atoms with Crippen LogP contribution in [0, 0.1) is 12.8 Å². The molecule has 1 aliphatic rings. The molecule has 0 spiro atoms. The lowest BCUT2D eigenvalue weighted by molar-refractivity contribution is -0.126. The van der Waals surface area contributed by atoms with Crippen molar-refractivity contribution in [2.45, 2.75) is 38.5 Å². The van der Waals surface area contributed by atoms with Crippen LogP contribution in [0.25, 0.3) is 11.4 Å². The molecule has 0 aliphatic carbocycles. The SMILES string of the molecule is Cc1cccc(CSCCCNC(=O)C2CCN(Cc3nc(-c4ccc(Cl)cc4Cl)no3)CC2)c1. The number of likely N-dealkylation sites (tertiary alicyclic amines) is 1. The van der Waals surface area contributed by atoms with Crippen molar-refractivity contribution in [2.24, 2.45) is 5.92 Å². The smallest absolute Gasteiger partial charge is 0.241 e. The molecule has 4 rings (SSSR count). The van der Waals surface area contributed by atoms with Crippen molar-refractivity contribution in [3.8, 4) is 11.4 Å². The van der Waals surface area contributed by atoms with Crippen molar-refractivity contribution < 1.29 is 9.32 Å². The van der Waals surface area contributed by atoms with Gasteiger partial charge in [-0.2, -0.15) is 16.7 Å². The highest BCUT2D eigenvalue weighted by Gasteiger charge is 2.26. The largest absolute Gasteiger partial charge is 0.356 e. The molecule has 0 saturated carbocycles. The highest BCUT2D eigenvalue weighted by molar-refractivity contribution is 7.98. The molecule has 6 nitrogen and oxygen atoms in total. The number of aryl methyl sites for hydroxylation is 1. The second kappa shape index (κ2) is 12.8. The van der Waals surface area contributed by atoms with Crippen LogP contribution < -0.4 is 5.32 Å². The third-order valence-corrected chi connectivity index (χ3v) is 7.74. The molecule has 1 saturated heterocycles. The van der Waals surface area contributed by atoms with Crippen molar-refractivity contribution in [3.05, 3.63) is 69.5 Å². The second-order valence-electron chi connectivity index (χ2n) is 8.87. The zero-order valence-electron chi connectivity index (χ0n) is 19.8. The minimum Gasteiger partial charge on any atom is -0.356 e. The van der Waals surface area contributed by atoms with E-state index < -0.39 is 0 Å². The number of halogens is 2. The van der Waals surface area contributed by atoms with E-state index in [-0.39, 0.29) is 11.8 Å². The van der Waals surface area contributed by atoms with Gasteiger partial charge in [0.05, 0.1) is 11.6 Å². The maximum atomic E-state index is 12.6. The van der Waals surface area contributed by atoms with Crippen LogP contribution in [0.3, 0.4) is 0 Å². The molecule has 0 radical (unpaired) electrons. The summed E-state index contributed by atoms with van der Waals surface area (Å²) in [7, 11) is 0. The number of carbonyl (C=O) groups is 1. The Kier molecular flexibility index (Phi) is 9.49. The van der Waals surface area contributed by atoms with Crippen LogP contribution in [0.1, 0.15) is 36.3 Å². The fourth-order valence-corrected chi connectivity index (χ4v) is 5.57. The Morgan fingerprint density at radius 1 is 1.20 bits per heavy atom. The molecule has 1 aromatic heterocycles. The molecule has 35 heavy (non-hydrogen) atoms. The van der Waals surface area contributed by atoms with Crippen LogP contribution >= 0.6 is 35.0 Å². The topological polar surface area (TPSA) is 71.3 Å². The van der Waals surface area contributed by atoms with Crippen molar-refractivity contribution in [1.82, 2.24) is 20.4 Å². The third kappa shape index (κ3) is 7.71. The Labute approximate surface area is 220 Å². The highest BCUT2D eigenvalue weighted by atomic mass is 35.5. The molecule has 1 aliphatic heterocycles. The molecule has 0 bridgehead atoms. The third-order valence-electron chi connectivity index (χ3n) is 6.07. The number of benzene rings is 2. The van der Waals surface area contributed by atoms with E-state index in [1.165, 1.54) is 11.1 Å². The predicted molar refractivity (Wildman–Crippen MR) is 143 cm³/mol. The molecule has 0 atom stereocenters. The van der Waals surface area contributed by atoms with Gasteiger partial charge in [0.25, 0.3) is 0 Å². The van der Waals surface area contributed by atoms with Gasteiger partial charge in [-0.25, -0.2) is 0 Å². The summed E-state index contributed by atoms with van der Waals surface area (Å²) in [4.78, 5) is 19.3. The summed E-state index contributed by atoms with van der Waals surface area (Å²) in [6, 6.07) is 13.8. The van der Waals surface area contributed by atoms with Crippen molar-refractivity contribution in [2.75, 3.05) is 25.4 Å². The molecule has 1 N–H and O–H groups in total. The number of piperidine rings is 1. The molecule has 9 heteroatoms. The van der Waals surface area contributed by atoms with E-state index in [4.69, 9.17) is 27.7 Å². The number of aromatic nitrogens is 2. The first-order valence-corrected chi connectivity index (χ1v) is 13.8. The lowest BCUT2D eigenvalue weighted by Gasteiger charge is -2.30. The number of nitrogens with zero attached hydrogens (tertiary/aromatic N) is 3. The molecule has 1 fully saturated rings. The molecule has 2 heterocycles. The summed E-state index contributed by atoms with van der Waals surface area (Å²) in [5.74, 6) is 3.29. The van der Waals surface area contributed by atoms with Gasteiger partial charge in [0.2, 0.25) is 17.6 Å². The predicted octanol–water partition coefficient (Wildman–Crippen LogP) is 6.00. The summed E-state index contributed by atoms with van der Waals surface area (Å²) in [5, 5.41) is 8.23. The van der Waals surface area contributed by atoms with Crippen LogP contribution in [0.15, 0.2) is 47.0 Å². The maximum absolute atomic E-state index is 12.6. The normalized spacial score (nSPS) is 14.8. The Morgan fingerprint density at radius 3 is 2.80 bits per heavy atom. The average Bonchev–Trinajstić information content (AvgIpc) is 3.29. The van der Waals surface area contributed by atoms with Gasteiger partial charge in [0.1, 0.15) is 0 Å². The number of hydrogen-bond donors (Lipinski definition) is 1. The Hall–Kier alpha value is -2.06. The lowest BCUT2D eigenvalue weighted by Crippen LogP contribution is -2.40. The van der Waals surface area contributed by atoms with Gasteiger partial charge in [0.15, 0.2) is 0 Å². The van der Waals surface area contributed by atoms with E-state index in [2.05, 4.69) is 51.5 Å². The average molecular weight is 534 g/mol. The summed E-state index contributed by atoms with van der Waals surface area (Å²) in [5.41, 5.74) is 3.34. The Balaban J connectivity index is 1.13. The van der Waals surface area contributed by atoms with E-state index in [0.717, 1.165) is 50.4 Å². The first-order valence-electron chi connectivity index (χ1n) is 11.9. The maximum Gasteiger partial charge on any atom is 0.241 e. The van der Waals surface area contributed by atoms with Crippen LogP contribution in [0.4, 0.5) is 0 Å². The molecule has 3 aromatic rings. The van der Waals surface area contributed by atoms with Crippen LogP contribution in [-0.2, 0) is 17.1 Å². The zero-order chi connectivity index (χ0) is 24.6. The standard InChI is InChI=1S/C26H30Cl2N4O2S/c1-18-4-2-5-19(14-18)17-35-13-3-10-29-26(33)20-8-11-32(12-9-20)16-24-30-25(31-34-24)22-7-6-21(27)15-23(22)28/h2,4-7,14-15,20H,3,8-13,16-17H2,1H3,(H,29,33). The number of carbonyl (C=O) groups excluding carboxylic acids is 1. The number of thioether (sulfide) groups is 1. The highest BCUT2D eigenvalue weighted by Crippen LogP contribution is 2.28. The van der Waals surface area contributed by atoms with Gasteiger partial charge in [0, 0.05) is 28.8 Å². The van der Waals surface area contributed by atoms with Crippen molar-refractivity contribution >= 4 is 40.9 Å². The number of nitrogens with one attached hydrogen (secondary N) is 1. The number of hydrogen-bond acceptors (Lipinski definition) is 6. The quantitative estimate of drug-likeness (QED) is 0.322. The molecule has 0 unspecified atom stereocenters. The molecule has 186 valence electrons. The molecular formula is C26H30Cl2N4O2S. The Morgan fingerprint density at radius 2 is 2.03 bits per heavy atom. The summed E-state index contributed by atoms with van der Waals surface area (Å²) >= 11 is 14.1. The van der Waals surface area contributed by atoms with Gasteiger partial charge < -0.3 is 9.84 Å².